The molecular formula is C15H25NO2. The molecule has 102 valence electrons. The van der Waals surface area contributed by atoms with E-state index in [1.807, 2.05) is 18.2 Å². The predicted molar refractivity (Wildman–Crippen MR) is 76.1 cm³/mol. The first-order valence-electron chi connectivity index (χ1n) is 6.58. The Hall–Kier alpha value is -1.06. The highest BCUT2D eigenvalue weighted by Crippen LogP contribution is 2.06. The second-order valence-corrected chi connectivity index (χ2v) is 5.22. The number of rotatable bonds is 8. The molecule has 0 spiro atoms. The van der Waals surface area contributed by atoms with Gasteiger partial charge in [0.05, 0.1) is 18.8 Å². The van der Waals surface area contributed by atoms with Crippen LogP contribution in [0.3, 0.4) is 0 Å². The lowest BCUT2D eigenvalue weighted by atomic mass is 10.2. The Kier molecular flexibility index (Phi) is 6.76. The smallest absolute Gasteiger partial charge is 0.0707 e. The summed E-state index contributed by atoms with van der Waals surface area (Å²) in [6.07, 6.45) is 1.00. The van der Waals surface area contributed by atoms with Crippen LogP contribution in [0, 0.1) is 0 Å². The zero-order valence-electron chi connectivity index (χ0n) is 11.7. The molecule has 0 saturated carbocycles. The summed E-state index contributed by atoms with van der Waals surface area (Å²) in [6.45, 7) is 9.19. The molecule has 18 heavy (non-hydrogen) atoms. The van der Waals surface area contributed by atoms with Gasteiger partial charge in [0.2, 0.25) is 0 Å². The van der Waals surface area contributed by atoms with Crippen molar-refractivity contribution >= 4 is 5.69 Å². The van der Waals surface area contributed by atoms with E-state index >= 15 is 0 Å². The topological polar surface area (TPSA) is 30.5 Å². The summed E-state index contributed by atoms with van der Waals surface area (Å²) in [6, 6.07) is 10.2. The summed E-state index contributed by atoms with van der Waals surface area (Å²) in [4.78, 5) is 0. The van der Waals surface area contributed by atoms with E-state index in [4.69, 9.17) is 9.47 Å². The van der Waals surface area contributed by atoms with Crippen LogP contribution in [-0.2, 0) is 9.47 Å². The summed E-state index contributed by atoms with van der Waals surface area (Å²) in [5.74, 6) is 0. The van der Waals surface area contributed by atoms with Gasteiger partial charge in [-0.2, -0.15) is 0 Å². The monoisotopic (exact) mass is 251 g/mol. The Balaban J connectivity index is 1.90. The van der Waals surface area contributed by atoms with Gasteiger partial charge in [-0.05, 0) is 39.3 Å². The molecule has 1 rings (SSSR count). The fraction of sp³-hybridized carbons (Fsp3) is 0.600. The van der Waals surface area contributed by atoms with Crippen LogP contribution in [0.1, 0.15) is 27.2 Å². The highest BCUT2D eigenvalue weighted by molar-refractivity contribution is 5.42. The molecule has 1 aromatic rings. The fourth-order valence-corrected chi connectivity index (χ4v) is 1.47. The minimum Gasteiger partial charge on any atom is -0.385 e. The van der Waals surface area contributed by atoms with Crippen LogP contribution in [0.2, 0.25) is 0 Å². The van der Waals surface area contributed by atoms with Crippen molar-refractivity contribution in [2.75, 3.05) is 31.7 Å². The number of benzene rings is 1. The highest BCUT2D eigenvalue weighted by atomic mass is 16.5. The van der Waals surface area contributed by atoms with Gasteiger partial charge in [0, 0.05) is 18.8 Å². The molecule has 0 aliphatic rings. The Morgan fingerprint density at radius 2 is 1.72 bits per heavy atom. The lowest BCUT2D eigenvalue weighted by molar-refractivity contribution is -0.0347. The molecule has 0 amide bonds. The summed E-state index contributed by atoms with van der Waals surface area (Å²) in [5.41, 5.74) is 1.09. The molecule has 1 N–H and O–H groups in total. The Morgan fingerprint density at radius 3 is 2.39 bits per heavy atom. The molecule has 0 bridgehead atoms. The minimum absolute atomic E-state index is 0.0712. The quantitative estimate of drug-likeness (QED) is 0.719. The lowest BCUT2D eigenvalue weighted by Crippen LogP contribution is -2.22. The summed E-state index contributed by atoms with van der Waals surface area (Å²) < 4.78 is 11.1. The molecule has 0 aliphatic carbocycles. The van der Waals surface area contributed by atoms with E-state index in [-0.39, 0.29) is 5.60 Å². The van der Waals surface area contributed by atoms with E-state index in [0.717, 1.165) is 25.3 Å². The van der Waals surface area contributed by atoms with Crippen molar-refractivity contribution in [2.24, 2.45) is 0 Å². The fourth-order valence-electron chi connectivity index (χ4n) is 1.47. The molecule has 0 atom stereocenters. The van der Waals surface area contributed by atoms with Crippen LogP contribution >= 0.6 is 0 Å². The predicted octanol–water partition coefficient (Wildman–Crippen LogP) is 3.32. The summed E-state index contributed by atoms with van der Waals surface area (Å²) in [5, 5.41) is 3.35. The number of para-hydroxylation sites is 1. The molecule has 0 radical (unpaired) electrons. The van der Waals surface area contributed by atoms with Crippen LogP contribution in [0.25, 0.3) is 0 Å². The van der Waals surface area contributed by atoms with E-state index in [0.29, 0.717) is 13.2 Å². The third-order valence-electron chi connectivity index (χ3n) is 2.33. The molecule has 3 nitrogen and oxygen atoms in total. The summed E-state index contributed by atoms with van der Waals surface area (Å²) in [7, 11) is 0. The van der Waals surface area contributed by atoms with Gasteiger partial charge in [0.25, 0.3) is 0 Å². The third kappa shape index (κ3) is 8.09. The average Bonchev–Trinajstić information content (AvgIpc) is 2.32. The highest BCUT2D eigenvalue weighted by Gasteiger charge is 2.08. The third-order valence-corrected chi connectivity index (χ3v) is 2.33. The van der Waals surface area contributed by atoms with Gasteiger partial charge < -0.3 is 14.8 Å². The van der Waals surface area contributed by atoms with Crippen molar-refractivity contribution in [3.63, 3.8) is 0 Å². The molecule has 0 unspecified atom stereocenters. The van der Waals surface area contributed by atoms with E-state index in [1.54, 1.807) is 0 Å². The Labute approximate surface area is 110 Å². The second-order valence-electron chi connectivity index (χ2n) is 5.22. The minimum atomic E-state index is -0.0712. The van der Waals surface area contributed by atoms with Crippen molar-refractivity contribution < 1.29 is 9.47 Å². The first kappa shape index (κ1) is 15.0. The zero-order chi connectivity index (χ0) is 13.3. The molecule has 3 heteroatoms. The SMILES string of the molecule is CC(C)(C)OCCOCCCNc1ccccc1. The number of hydrogen-bond acceptors (Lipinski definition) is 3. The lowest BCUT2D eigenvalue weighted by Gasteiger charge is -2.19. The molecular weight excluding hydrogens is 226 g/mol. The van der Waals surface area contributed by atoms with Crippen LogP contribution in [0.15, 0.2) is 30.3 Å². The van der Waals surface area contributed by atoms with Crippen molar-refractivity contribution in [1.29, 1.82) is 0 Å². The van der Waals surface area contributed by atoms with Gasteiger partial charge in [-0.15, -0.1) is 0 Å². The first-order valence-corrected chi connectivity index (χ1v) is 6.58. The number of anilines is 1. The molecule has 1 aromatic carbocycles. The maximum Gasteiger partial charge on any atom is 0.0707 e. The van der Waals surface area contributed by atoms with Crippen molar-refractivity contribution in [2.45, 2.75) is 32.8 Å². The number of ether oxygens (including phenoxy) is 2. The maximum atomic E-state index is 5.56. The number of hydrogen-bond donors (Lipinski definition) is 1. The van der Waals surface area contributed by atoms with Gasteiger partial charge in [0.15, 0.2) is 0 Å². The molecule has 0 aromatic heterocycles. The van der Waals surface area contributed by atoms with Gasteiger partial charge in [-0.25, -0.2) is 0 Å². The zero-order valence-corrected chi connectivity index (χ0v) is 11.7. The van der Waals surface area contributed by atoms with Gasteiger partial charge in [-0.3, -0.25) is 0 Å². The van der Waals surface area contributed by atoms with Crippen LogP contribution in [-0.4, -0.2) is 32.0 Å². The average molecular weight is 251 g/mol. The van der Waals surface area contributed by atoms with Crippen molar-refractivity contribution in [3.8, 4) is 0 Å². The van der Waals surface area contributed by atoms with Crippen LogP contribution < -0.4 is 5.32 Å². The van der Waals surface area contributed by atoms with Gasteiger partial charge >= 0.3 is 0 Å². The Bertz CT molecular complexity index is 306. The normalized spacial score (nSPS) is 11.5. The van der Waals surface area contributed by atoms with Gasteiger partial charge in [-0.1, -0.05) is 18.2 Å². The molecule has 0 saturated heterocycles. The van der Waals surface area contributed by atoms with E-state index in [2.05, 4.69) is 38.2 Å². The first-order chi connectivity index (χ1) is 8.58. The standard InChI is InChI=1S/C15H25NO2/c1-15(2,3)18-13-12-17-11-7-10-16-14-8-5-4-6-9-14/h4-6,8-9,16H,7,10-13H2,1-3H3. The van der Waals surface area contributed by atoms with Crippen molar-refractivity contribution in [1.82, 2.24) is 0 Å². The van der Waals surface area contributed by atoms with Crippen LogP contribution in [0.5, 0.6) is 0 Å². The number of nitrogens with one attached hydrogen (secondary N) is 1. The van der Waals surface area contributed by atoms with Crippen LogP contribution in [0.4, 0.5) is 5.69 Å². The largest absolute Gasteiger partial charge is 0.385 e. The molecule has 0 aliphatic heterocycles. The van der Waals surface area contributed by atoms with Crippen molar-refractivity contribution in [3.05, 3.63) is 30.3 Å². The molecule has 0 heterocycles. The molecule has 0 fully saturated rings. The van der Waals surface area contributed by atoms with Gasteiger partial charge in [0.1, 0.15) is 0 Å². The van der Waals surface area contributed by atoms with E-state index in [9.17, 15) is 0 Å². The second kappa shape index (κ2) is 8.11. The summed E-state index contributed by atoms with van der Waals surface area (Å²) >= 11 is 0. The van der Waals surface area contributed by atoms with E-state index < -0.39 is 0 Å². The maximum absolute atomic E-state index is 5.56. The van der Waals surface area contributed by atoms with E-state index in [1.165, 1.54) is 0 Å². The Morgan fingerprint density at radius 1 is 1.00 bits per heavy atom.